The summed E-state index contributed by atoms with van der Waals surface area (Å²) in [4.78, 5) is 24.1. The quantitative estimate of drug-likeness (QED) is 0.779. The lowest BCUT2D eigenvalue weighted by molar-refractivity contribution is -0.120. The first-order valence-electron chi connectivity index (χ1n) is 10.3. The molecule has 1 amide bonds. The third-order valence-electron chi connectivity index (χ3n) is 5.43. The van der Waals surface area contributed by atoms with Gasteiger partial charge in [0.25, 0.3) is 0 Å². The van der Waals surface area contributed by atoms with Crippen LogP contribution in [-0.2, 0) is 17.8 Å². The number of methoxy groups -OCH3 is 1. The molecule has 29 heavy (non-hydrogen) atoms. The maximum atomic E-state index is 12.1. The first-order chi connectivity index (χ1) is 13.9. The molecule has 1 fully saturated rings. The van der Waals surface area contributed by atoms with Crippen molar-refractivity contribution >= 4 is 5.91 Å². The highest BCUT2D eigenvalue weighted by Crippen LogP contribution is 2.27. The van der Waals surface area contributed by atoms with E-state index in [0.717, 1.165) is 54.6 Å². The van der Waals surface area contributed by atoms with Gasteiger partial charge in [-0.25, -0.2) is 9.97 Å². The van der Waals surface area contributed by atoms with Gasteiger partial charge in [0.1, 0.15) is 11.6 Å². The van der Waals surface area contributed by atoms with Crippen LogP contribution in [0, 0.1) is 13.8 Å². The number of rotatable bonds is 7. The summed E-state index contributed by atoms with van der Waals surface area (Å²) < 4.78 is 5.23. The fourth-order valence-electron chi connectivity index (χ4n) is 3.91. The van der Waals surface area contributed by atoms with Crippen molar-refractivity contribution in [2.75, 3.05) is 20.2 Å². The number of benzene rings is 1. The van der Waals surface area contributed by atoms with Crippen LogP contribution in [0.5, 0.6) is 5.75 Å². The maximum absolute atomic E-state index is 12.1. The van der Waals surface area contributed by atoms with Crippen LogP contribution in [0.2, 0.25) is 0 Å². The monoisotopic (exact) mass is 396 g/mol. The molecule has 1 aliphatic heterocycles. The minimum Gasteiger partial charge on any atom is -0.497 e. The van der Waals surface area contributed by atoms with Crippen LogP contribution in [0.3, 0.4) is 0 Å². The highest BCUT2D eigenvalue weighted by molar-refractivity contribution is 5.79. The summed E-state index contributed by atoms with van der Waals surface area (Å²) in [5, 5.41) is 2.94. The molecule has 1 aromatic heterocycles. The molecule has 156 valence electrons. The van der Waals surface area contributed by atoms with E-state index in [1.54, 1.807) is 7.11 Å². The van der Waals surface area contributed by atoms with Crippen LogP contribution in [0.4, 0.5) is 0 Å². The summed E-state index contributed by atoms with van der Waals surface area (Å²) in [6.07, 6.45) is 1.40. The molecular formula is C23H32N4O2. The summed E-state index contributed by atoms with van der Waals surface area (Å²) in [5.41, 5.74) is 4.06. The zero-order chi connectivity index (χ0) is 21.0. The van der Waals surface area contributed by atoms with Crippen LogP contribution in [0.15, 0.2) is 24.3 Å². The van der Waals surface area contributed by atoms with E-state index in [9.17, 15) is 4.79 Å². The van der Waals surface area contributed by atoms with Crippen molar-refractivity contribution in [2.24, 2.45) is 0 Å². The molecule has 2 heterocycles. The van der Waals surface area contributed by atoms with Gasteiger partial charge in [0.05, 0.1) is 13.5 Å². The van der Waals surface area contributed by atoms with E-state index in [2.05, 4.69) is 22.3 Å². The van der Waals surface area contributed by atoms with Gasteiger partial charge in [0.2, 0.25) is 5.91 Å². The molecule has 1 aliphatic rings. The van der Waals surface area contributed by atoms with E-state index in [1.807, 2.05) is 39.8 Å². The zero-order valence-electron chi connectivity index (χ0n) is 18.2. The number of carbonyl (C=O) groups is 1. The van der Waals surface area contributed by atoms with Gasteiger partial charge in [0.15, 0.2) is 0 Å². The molecular weight excluding hydrogens is 364 g/mol. The second kappa shape index (κ2) is 9.35. The van der Waals surface area contributed by atoms with Crippen molar-refractivity contribution < 1.29 is 9.53 Å². The second-order valence-electron chi connectivity index (χ2n) is 8.20. The Morgan fingerprint density at radius 3 is 2.45 bits per heavy atom. The van der Waals surface area contributed by atoms with E-state index in [-0.39, 0.29) is 11.9 Å². The lowest BCUT2D eigenvalue weighted by Gasteiger charge is -2.17. The summed E-state index contributed by atoms with van der Waals surface area (Å²) in [6.45, 7) is 10.8. The SMILES string of the molecule is COc1ccc(CN2CC[C@H](c3nc(C)c(CC(=O)NC(C)C)c(C)n3)C2)cc1. The van der Waals surface area contributed by atoms with Gasteiger partial charge in [-0.2, -0.15) is 0 Å². The Kier molecular flexibility index (Phi) is 6.85. The minimum absolute atomic E-state index is 0.0223. The third-order valence-corrected chi connectivity index (χ3v) is 5.43. The van der Waals surface area contributed by atoms with Crippen LogP contribution in [-0.4, -0.2) is 47.0 Å². The molecule has 1 N–H and O–H groups in total. The van der Waals surface area contributed by atoms with Gasteiger partial charge in [-0.3, -0.25) is 9.69 Å². The standard InChI is InChI=1S/C23H32N4O2/c1-15(2)24-22(28)12-21-16(3)25-23(26-17(21)4)19-10-11-27(14-19)13-18-6-8-20(29-5)9-7-18/h6-9,15,19H,10-14H2,1-5H3,(H,24,28)/t19-/m0/s1. The average molecular weight is 397 g/mol. The molecule has 1 atom stereocenters. The minimum atomic E-state index is 0.0223. The molecule has 2 aromatic rings. The van der Waals surface area contributed by atoms with Crippen molar-refractivity contribution in [1.29, 1.82) is 0 Å². The molecule has 0 spiro atoms. The van der Waals surface area contributed by atoms with Gasteiger partial charge < -0.3 is 10.1 Å². The topological polar surface area (TPSA) is 67.3 Å². The Balaban J connectivity index is 1.64. The van der Waals surface area contributed by atoms with E-state index in [1.165, 1.54) is 5.56 Å². The van der Waals surface area contributed by atoms with E-state index < -0.39 is 0 Å². The highest BCUT2D eigenvalue weighted by Gasteiger charge is 2.27. The maximum Gasteiger partial charge on any atom is 0.224 e. The smallest absolute Gasteiger partial charge is 0.224 e. The van der Waals surface area contributed by atoms with Crippen LogP contribution in [0.1, 0.15) is 54.5 Å². The van der Waals surface area contributed by atoms with Gasteiger partial charge in [-0.1, -0.05) is 12.1 Å². The van der Waals surface area contributed by atoms with E-state index in [0.29, 0.717) is 12.3 Å². The summed E-state index contributed by atoms with van der Waals surface area (Å²) in [5.74, 6) is 2.15. The van der Waals surface area contributed by atoms with E-state index in [4.69, 9.17) is 14.7 Å². The van der Waals surface area contributed by atoms with Crippen LogP contribution < -0.4 is 10.1 Å². The summed E-state index contributed by atoms with van der Waals surface area (Å²) >= 11 is 0. The second-order valence-corrected chi connectivity index (χ2v) is 8.20. The normalized spacial score (nSPS) is 17.0. The molecule has 0 unspecified atom stereocenters. The predicted molar refractivity (Wildman–Crippen MR) is 114 cm³/mol. The van der Waals surface area contributed by atoms with Crippen molar-refractivity contribution in [2.45, 2.75) is 59.0 Å². The summed E-state index contributed by atoms with van der Waals surface area (Å²) in [7, 11) is 1.69. The highest BCUT2D eigenvalue weighted by atomic mass is 16.5. The Hall–Kier alpha value is -2.47. The first kappa shape index (κ1) is 21.2. The van der Waals surface area contributed by atoms with Crippen molar-refractivity contribution in [1.82, 2.24) is 20.2 Å². The molecule has 3 rings (SSSR count). The average Bonchev–Trinajstić information content (AvgIpc) is 3.13. The predicted octanol–water partition coefficient (Wildman–Crippen LogP) is 3.16. The molecule has 0 aliphatic carbocycles. The Labute approximate surface area is 173 Å². The van der Waals surface area contributed by atoms with Crippen molar-refractivity contribution in [3.8, 4) is 5.75 Å². The van der Waals surface area contributed by atoms with Gasteiger partial charge >= 0.3 is 0 Å². The largest absolute Gasteiger partial charge is 0.497 e. The molecule has 0 saturated carbocycles. The fourth-order valence-corrected chi connectivity index (χ4v) is 3.91. The lowest BCUT2D eigenvalue weighted by atomic mass is 10.0. The number of aryl methyl sites for hydroxylation is 2. The van der Waals surface area contributed by atoms with Gasteiger partial charge in [0, 0.05) is 42.0 Å². The van der Waals surface area contributed by atoms with Gasteiger partial charge in [-0.05, 0) is 58.4 Å². The molecule has 1 saturated heterocycles. The van der Waals surface area contributed by atoms with E-state index >= 15 is 0 Å². The number of ether oxygens (including phenoxy) is 1. The Morgan fingerprint density at radius 1 is 1.21 bits per heavy atom. The molecule has 6 heteroatoms. The molecule has 6 nitrogen and oxygen atoms in total. The zero-order valence-corrected chi connectivity index (χ0v) is 18.2. The molecule has 0 bridgehead atoms. The summed E-state index contributed by atoms with van der Waals surface area (Å²) in [6, 6.07) is 8.39. The number of nitrogens with one attached hydrogen (secondary N) is 1. The molecule has 1 aromatic carbocycles. The van der Waals surface area contributed by atoms with Crippen molar-refractivity contribution in [3.63, 3.8) is 0 Å². The number of likely N-dealkylation sites (tertiary alicyclic amines) is 1. The Bertz CT molecular complexity index is 825. The molecule has 0 radical (unpaired) electrons. The number of amides is 1. The number of nitrogens with zero attached hydrogens (tertiary/aromatic N) is 3. The number of hydrogen-bond acceptors (Lipinski definition) is 5. The Morgan fingerprint density at radius 2 is 1.86 bits per heavy atom. The third kappa shape index (κ3) is 5.54. The lowest BCUT2D eigenvalue weighted by Crippen LogP contribution is -2.32. The van der Waals surface area contributed by atoms with Crippen LogP contribution >= 0.6 is 0 Å². The fraction of sp³-hybridized carbons (Fsp3) is 0.522. The van der Waals surface area contributed by atoms with Crippen molar-refractivity contribution in [3.05, 3.63) is 52.6 Å². The number of hydrogen-bond donors (Lipinski definition) is 1. The first-order valence-corrected chi connectivity index (χ1v) is 10.3. The number of carbonyl (C=O) groups excluding carboxylic acids is 1. The van der Waals surface area contributed by atoms with Gasteiger partial charge in [-0.15, -0.1) is 0 Å². The number of aromatic nitrogens is 2. The van der Waals surface area contributed by atoms with Crippen LogP contribution in [0.25, 0.3) is 0 Å².